The van der Waals surface area contributed by atoms with Crippen LogP contribution in [0.15, 0.2) is 29.2 Å². The molecule has 0 aromatic heterocycles. The third-order valence-electron chi connectivity index (χ3n) is 2.72. The first-order valence-electron chi connectivity index (χ1n) is 6.60. The average Bonchev–Trinajstić information content (AvgIpc) is 2.53. The zero-order valence-corrected chi connectivity index (χ0v) is 13.5. The molecule has 0 bridgehead atoms. The van der Waals surface area contributed by atoms with Gasteiger partial charge in [0.25, 0.3) is 5.91 Å². The van der Waals surface area contributed by atoms with Crippen molar-refractivity contribution in [3.8, 4) is 17.6 Å². The number of carboxylic acids is 1. The lowest BCUT2D eigenvalue weighted by Crippen LogP contribution is -2.46. The number of amides is 1. The number of aliphatic carboxylic acids is 1. The molecule has 0 aliphatic carbocycles. The van der Waals surface area contributed by atoms with Crippen LogP contribution in [-0.4, -0.2) is 43.3 Å². The molecule has 24 heavy (non-hydrogen) atoms. The Morgan fingerprint density at radius 1 is 1.29 bits per heavy atom. The van der Waals surface area contributed by atoms with E-state index in [1.54, 1.807) is 6.92 Å². The van der Waals surface area contributed by atoms with Gasteiger partial charge in [-0.3, -0.25) is 14.8 Å². The number of rotatable bonds is 8. The zero-order valence-electron chi connectivity index (χ0n) is 12.6. The van der Waals surface area contributed by atoms with Crippen LogP contribution in [0.2, 0.25) is 0 Å². The van der Waals surface area contributed by atoms with Gasteiger partial charge in [0, 0.05) is 0 Å². The maximum atomic E-state index is 12.2. The van der Waals surface area contributed by atoms with Crippen molar-refractivity contribution in [1.29, 1.82) is 0 Å². The first-order chi connectivity index (χ1) is 11.3. The van der Waals surface area contributed by atoms with Crippen molar-refractivity contribution in [2.45, 2.75) is 24.3 Å². The highest BCUT2D eigenvalue weighted by Crippen LogP contribution is 2.16. The Kier molecular flexibility index (Phi) is 7.19. The Balaban J connectivity index is 2.90. The molecule has 0 aliphatic heterocycles. The number of nitrogens with one attached hydrogen (secondary N) is 2. The van der Waals surface area contributed by atoms with Crippen LogP contribution in [0.5, 0.6) is 5.75 Å². The van der Waals surface area contributed by atoms with Crippen LogP contribution in [0.4, 0.5) is 0 Å². The van der Waals surface area contributed by atoms with E-state index in [1.807, 2.05) is 4.72 Å². The summed E-state index contributed by atoms with van der Waals surface area (Å²) in [6.07, 6.45) is -0.831. The molecule has 0 fully saturated rings. The first-order valence-corrected chi connectivity index (χ1v) is 8.09. The molecule has 0 aliphatic rings. The van der Waals surface area contributed by atoms with E-state index in [0.717, 1.165) is 0 Å². The predicted octanol–water partition coefficient (Wildman–Crippen LogP) is -0.284. The Bertz CT molecular complexity index is 748. The molecule has 4 N–H and O–H groups in total. The van der Waals surface area contributed by atoms with Crippen molar-refractivity contribution in [2.75, 3.05) is 6.61 Å². The lowest BCUT2D eigenvalue weighted by molar-refractivity contribution is -0.141. The second-order valence-corrected chi connectivity index (χ2v) is 6.15. The third kappa shape index (κ3) is 5.88. The predicted molar refractivity (Wildman–Crippen MR) is 81.7 cm³/mol. The van der Waals surface area contributed by atoms with E-state index in [9.17, 15) is 18.0 Å². The van der Waals surface area contributed by atoms with E-state index in [4.69, 9.17) is 15.1 Å². The van der Waals surface area contributed by atoms with E-state index in [1.165, 1.54) is 29.7 Å². The molecule has 0 saturated carbocycles. The van der Waals surface area contributed by atoms with Gasteiger partial charge in [-0.05, 0) is 31.2 Å². The van der Waals surface area contributed by atoms with Gasteiger partial charge in [0.1, 0.15) is 18.4 Å². The van der Waals surface area contributed by atoms with Gasteiger partial charge in [-0.25, -0.2) is 13.9 Å². The number of carbonyl (C=O) groups is 2. The second kappa shape index (κ2) is 8.88. The molecule has 1 aromatic carbocycles. The fourth-order valence-corrected chi connectivity index (χ4v) is 2.80. The standard InChI is InChI=1S/C14H16N2O7S/c1-2-3-8-23-10-4-6-11(7-5-10)24(21,22)16-12(9-13(17)18)14(19)15-20/h4-7,12,16,20H,8-9H2,1H3,(H,15,19)(H,17,18)/t12-/m1/s1. The molecule has 0 radical (unpaired) electrons. The summed E-state index contributed by atoms with van der Waals surface area (Å²) in [5.74, 6) is 3.12. The largest absolute Gasteiger partial charge is 0.481 e. The van der Waals surface area contributed by atoms with E-state index in [-0.39, 0.29) is 11.5 Å². The zero-order chi connectivity index (χ0) is 18.2. The number of ether oxygens (including phenoxy) is 1. The molecule has 0 heterocycles. The van der Waals surface area contributed by atoms with E-state index < -0.39 is 34.4 Å². The van der Waals surface area contributed by atoms with Crippen LogP contribution in [0.25, 0.3) is 0 Å². The smallest absolute Gasteiger partial charge is 0.305 e. The fraction of sp³-hybridized carbons (Fsp3) is 0.286. The molecular formula is C14H16N2O7S. The van der Waals surface area contributed by atoms with Gasteiger partial charge < -0.3 is 9.84 Å². The topological polar surface area (TPSA) is 142 Å². The Hall–Kier alpha value is -2.61. The first kappa shape index (κ1) is 19.4. The number of carbonyl (C=O) groups excluding carboxylic acids is 1. The highest BCUT2D eigenvalue weighted by molar-refractivity contribution is 7.89. The van der Waals surface area contributed by atoms with Gasteiger partial charge in [0.15, 0.2) is 0 Å². The van der Waals surface area contributed by atoms with Crippen LogP contribution in [0, 0.1) is 11.8 Å². The summed E-state index contributed by atoms with van der Waals surface area (Å²) in [5.41, 5.74) is 1.22. The normalized spacial score (nSPS) is 11.8. The Morgan fingerprint density at radius 3 is 2.42 bits per heavy atom. The van der Waals surface area contributed by atoms with Crippen LogP contribution in [0.1, 0.15) is 13.3 Å². The number of hydrogen-bond donors (Lipinski definition) is 4. The third-order valence-corrected chi connectivity index (χ3v) is 4.21. The van der Waals surface area contributed by atoms with Gasteiger partial charge in [-0.2, -0.15) is 4.72 Å². The van der Waals surface area contributed by atoms with E-state index in [0.29, 0.717) is 5.75 Å². The minimum Gasteiger partial charge on any atom is -0.481 e. The molecule has 1 rings (SSSR count). The van der Waals surface area contributed by atoms with Gasteiger partial charge in [-0.1, -0.05) is 5.92 Å². The fourth-order valence-electron chi connectivity index (χ4n) is 1.60. The molecule has 10 heteroatoms. The van der Waals surface area contributed by atoms with Crippen molar-refractivity contribution in [1.82, 2.24) is 10.2 Å². The second-order valence-electron chi connectivity index (χ2n) is 4.43. The maximum Gasteiger partial charge on any atom is 0.305 e. The van der Waals surface area contributed by atoms with Crippen molar-refractivity contribution < 1.29 is 33.1 Å². The summed E-state index contributed by atoms with van der Waals surface area (Å²) in [5, 5.41) is 17.3. The summed E-state index contributed by atoms with van der Waals surface area (Å²) >= 11 is 0. The molecule has 0 saturated heterocycles. The molecule has 130 valence electrons. The summed E-state index contributed by atoms with van der Waals surface area (Å²) < 4.78 is 31.5. The van der Waals surface area contributed by atoms with E-state index >= 15 is 0 Å². The summed E-state index contributed by atoms with van der Waals surface area (Å²) in [6, 6.07) is 3.58. The highest BCUT2D eigenvalue weighted by atomic mass is 32.2. The van der Waals surface area contributed by atoms with Crippen molar-refractivity contribution in [3.05, 3.63) is 24.3 Å². The Labute approximate surface area is 138 Å². The molecule has 9 nitrogen and oxygen atoms in total. The van der Waals surface area contributed by atoms with Gasteiger partial charge in [-0.15, -0.1) is 5.92 Å². The van der Waals surface area contributed by atoms with Crippen molar-refractivity contribution in [3.63, 3.8) is 0 Å². The monoisotopic (exact) mass is 356 g/mol. The molecule has 1 amide bonds. The number of carboxylic acid groups (broad SMARTS) is 1. The average molecular weight is 356 g/mol. The lowest BCUT2D eigenvalue weighted by atomic mass is 10.2. The van der Waals surface area contributed by atoms with E-state index in [2.05, 4.69) is 11.8 Å². The maximum absolute atomic E-state index is 12.2. The van der Waals surface area contributed by atoms with Crippen molar-refractivity contribution >= 4 is 21.9 Å². The lowest BCUT2D eigenvalue weighted by Gasteiger charge is -2.15. The number of hydroxylamine groups is 1. The van der Waals surface area contributed by atoms with Gasteiger partial charge in [0.2, 0.25) is 10.0 Å². The van der Waals surface area contributed by atoms with Crippen LogP contribution in [-0.2, 0) is 19.6 Å². The molecule has 0 spiro atoms. The Morgan fingerprint density at radius 2 is 1.92 bits per heavy atom. The van der Waals surface area contributed by atoms with Crippen LogP contribution >= 0.6 is 0 Å². The molecule has 1 aromatic rings. The van der Waals surface area contributed by atoms with Crippen LogP contribution in [0.3, 0.4) is 0 Å². The van der Waals surface area contributed by atoms with Crippen LogP contribution < -0.4 is 14.9 Å². The number of hydrogen-bond acceptors (Lipinski definition) is 6. The summed E-state index contributed by atoms with van der Waals surface area (Å²) in [6.45, 7) is 1.80. The molecular weight excluding hydrogens is 340 g/mol. The van der Waals surface area contributed by atoms with Crippen molar-refractivity contribution in [2.24, 2.45) is 0 Å². The minimum atomic E-state index is -4.17. The van der Waals surface area contributed by atoms with Gasteiger partial charge >= 0.3 is 5.97 Å². The summed E-state index contributed by atoms with van der Waals surface area (Å²) in [4.78, 5) is 21.9. The number of benzene rings is 1. The summed E-state index contributed by atoms with van der Waals surface area (Å²) in [7, 11) is -4.17. The SMILES string of the molecule is CC#CCOc1ccc(S(=O)(=O)N[C@H](CC(=O)O)C(=O)NO)cc1. The number of sulfonamides is 1. The van der Waals surface area contributed by atoms with Gasteiger partial charge in [0.05, 0.1) is 11.3 Å². The molecule has 1 atom stereocenters. The molecule has 0 unspecified atom stereocenters. The minimum absolute atomic E-state index is 0.151. The quantitative estimate of drug-likeness (QED) is 0.285. The highest BCUT2D eigenvalue weighted by Gasteiger charge is 2.27.